The van der Waals surface area contributed by atoms with Crippen molar-refractivity contribution in [2.24, 2.45) is 5.10 Å². The van der Waals surface area contributed by atoms with E-state index < -0.39 is 0 Å². The maximum Gasteiger partial charge on any atom is 0.221 e. The summed E-state index contributed by atoms with van der Waals surface area (Å²) in [6.07, 6.45) is 1.74. The minimum atomic E-state index is -0.0702. The van der Waals surface area contributed by atoms with E-state index in [4.69, 9.17) is 0 Å². The third kappa shape index (κ3) is 3.38. The number of carbonyl (C=O) groups excluding carboxylic acids is 1. The zero-order valence-electron chi connectivity index (χ0n) is 9.90. The van der Waals surface area contributed by atoms with Crippen molar-refractivity contribution in [3.8, 4) is 0 Å². The van der Waals surface area contributed by atoms with Gasteiger partial charge in [0.05, 0.1) is 5.69 Å². The molecule has 0 aliphatic carbocycles. The summed E-state index contributed by atoms with van der Waals surface area (Å²) in [5.41, 5.74) is 1.75. The fourth-order valence-electron chi connectivity index (χ4n) is 1.42. The molecule has 0 aliphatic rings. The van der Waals surface area contributed by atoms with E-state index in [1.807, 2.05) is 43.1 Å². The Morgan fingerprint density at radius 1 is 1.56 bits per heavy atom. The Morgan fingerprint density at radius 3 is 2.88 bits per heavy atom. The molecule has 4 nitrogen and oxygen atoms in total. The van der Waals surface area contributed by atoms with Crippen LogP contribution >= 0.6 is 0 Å². The van der Waals surface area contributed by atoms with Crippen molar-refractivity contribution >= 4 is 23.5 Å². The predicted octanol–water partition coefficient (Wildman–Crippen LogP) is 2.48. The molecule has 1 aromatic carbocycles. The lowest BCUT2D eigenvalue weighted by atomic mass is 10.2. The molecule has 0 aliphatic heterocycles. The molecule has 0 saturated carbocycles. The topological polar surface area (TPSA) is 44.7 Å². The molecule has 86 valence electrons. The van der Waals surface area contributed by atoms with Gasteiger partial charge in [-0.25, -0.2) is 0 Å². The molecule has 1 N–H and O–H groups in total. The molecule has 0 aromatic heterocycles. The van der Waals surface area contributed by atoms with Crippen LogP contribution in [0.4, 0.5) is 11.4 Å². The number of amides is 1. The molecule has 0 fully saturated rings. The van der Waals surface area contributed by atoms with E-state index in [2.05, 4.69) is 10.4 Å². The summed E-state index contributed by atoms with van der Waals surface area (Å²) in [5.74, 6) is -0.0702. The minimum absolute atomic E-state index is 0.0702. The van der Waals surface area contributed by atoms with Gasteiger partial charge in [0.25, 0.3) is 0 Å². The number of benzene rings is 1. The predicted molar refractivity (Wildman–Crippen MR) is 67.9 cm³/mol. The van der Waals surface area contributed by atoms with Gasteiger partial charge in [0.15, 0.2) is 0 Å². The summed E-state index contributed by atoms with van der Waals surface area (Å²) in [5, 5.41) is 8.84. The van der Waals surface area contributed by atoms with Gasteiger partial charge in [0.2, 0.25) is 5.91 Å². The zero-order chi connectivity index (χ0) is 12.0. The average molecular weight is 219 g/mol. The van der Waals surface area contributed by atoms with Crippen LogP contribution in [0.3, 0.4) is 0 Å². The summed E-state index contributed by atoms with van der Waals surface area (Å²) in [4.78, 5) is 10.9. The first-order valence-electron chi connectivity index (χ1n) is 5.31. The third-order valence-electron chi connectivity index (χ3n) is 2.02. The van der Waals surface area contributed by atoms with Gasteiger partial charge in [0.1, 0.15) is 0 Å². The summed E-state index contributed by atoms with van der Waals surface area (Å²) < 4.78 is 0. The van der Waals surface area contributed by atoms with Crippen molar-refractivity contribution < 1.29 is 4.79 Å². The van der Waals surface area contributed by atoms with Gasteiger partial charge in [0, 0.05) is 25.4 Å². The maximum atomic E-state index is 10.9. The van der Waals surface area contributed by atoms with Gasteiger partial charge >= 0.3 is 0 Å². The van der Waals surface area contributed by atoms with Crippen molar-refractivity contribution in [3.63, 3.8) is 0 Å². The van der Waals surface area contributed by atoms with Gasteiger partial charge in [-0.15, -0.1) is 0 Å². The van der Waals surface area contributed by atoms with Crippen molar-refractivity contribution in [3.05, 3.63) is 24.3 Å². The molecule has 1 rings (SSSR count). The Morgan fingerprint density at radius 2 is 2.31 bits per heavy atom. The van der Waals surface area contributed by atoms with E-state index in [-0.39, 0.29) is 5.91 Å². The second kappa shape index (κ2) is 5.90. The molecule has 0 bridgehead atoms. The SMILES string of the molecule is C/C=N\N(CC)c1cccc(NC(C)=O)c1. The van der Waals surface area contributed by atoms with Crippen LogP contribution in [-0.2, 0) is 4.79 Å². The molecular weight excluding hydrogens is 202 g/mol. The van der Waals surface area contributed by atoms with Gasteiger partial charge in [-0.1, -0.05) is 6.07 Å². The fraction of sp³-hybridized carbons (Fsp3) is 0.333. The molecule has 0 unspecified atom stereocenters. The average Bonchev–Trinajstić information content (AvgIpc) is 2.25. The lowest BCUT2D eigenvalue weighted by Gasteiger charge is -2.17. The van der Waals surface area contributed by atoms with Crippen molar-refractivity contribution in [1.29, 1.82) is 0 Å². The van der Waals surface area contributed by atoms with Crippen LogP contribution < -0.4 is 10.3 Å². The number of nitrogens with zero attached hydrogens (tertiary/aromatic N) is 2. The Balaban J connectivity index is 2.91. The van der Waals surface area contributed by atoms with Crippen molar-refractivity contribution in [2.45, 2.75) is 20.8 Å². The summed E-state index contributed by atoms with van der Waals surface area (Å²) >= 11 is 0. The van der Waals surface area contributed by atoms with Gasteiger partial charge in [-0.3, -0.25) is 9.80 Å². The van der Waals surface area contributed by atoms with E-state index in [9.17, 15) is 4.79 Å². The van der Waals surface area contributed by atoms with Crippen LogP contribution in [0, 0.1) is 0 Å². The number of carbonyl (C=O) groups is 1. The van der Waals surface area contributed by atoms with Crippen LogP contribution in [0.25, 0.3) is 0 Å². The van der Waals surface area contributed by atoms with E-state index in [1.54, 1.807) is 6.21 Å². The summed E-state index contributed by atoms with van der Waals surface area (Å²) in [6.45, 7) is 6.18. The monoisotopic (exact) mass is 219 g/mol. The lowest BCUT2D eigenvalue weighted by molar-refractivity contribution is -0.114. The minimum Gasteiger partial charge on any atom is -0.326 e. The number of anilines is 2. The Kier molecular flexibility index (Phi) is 4.51. The lowest BCUT2D eigenvalue weighted by Crippen LogP contribution is -2.15. The van der Waals surface area contributed by atoms with Crippen LogP contribution in [0.2, 0.25) is 0 Å². The van der Waals surface area contributed by atoms with Crippen LogP contribution in [0.1, 0.15) is 20.8 Å². The number of rotatable bonds is 4. The number of hydrazone groups is 1. The largest absolute Gasteiger partial charge is 0.326 e. The highest BCUT2D eigenvalue weighted by molar-refractivity contribution is 5.89. The molecule has 0 spiro atoms. The highest BCUT2D eigenvalue weighted by Crippen LogP contribution is 2.19. The number of hydrogen-bond acceptors (Lipinski definition) is 3. The van der Waals surface area contributed by atoms with Gasteiger partial charge < -0.3 is 5.32 Å². The standard InChI is InChI=1S/C12H17N3O/c1-4-13-15(5-2)12-8-6-7-11(9-12)14-10(3)16/h4,6-9H,5H2,1-3H3,(H,14,16)/b13-4-. The normalized spacial score (nSPS) is 10.4. The highest BCUT2D eigenvalue weighted by atomic mass is 16.1. The summed E-state index contributed by atoms with van der Waals surface area (Å²) in [6, 6.07) is 7.61. The number of nitrogens with one attached hydrogen (secondary N) is 1. The molecule has 1 amide bonds. The first-order valence-corrected chi connectivity index (χ1v) is 5.31. The van der Waals surface area contributed by atoms with Crippen LogP contribution in [0.15, 0.2) is 29.4 Å². The van der Waals surface area contributed by atoms with E-state index in [0.717, 1.165) is 17.9 Å². The first kappa shape index (κ1) is 12.2. The van der Waals surface area contributed by atoms with Crippen molar-refractivity contribution in [2.75, 3.05) is 16.9 Å². The molecule has 0 radical (unpaired) electrons. The second-order valence-electron chi connectivity index (χ2n) is 3.32. The molecule has 0 saturated heterocycles. The number of hydrogen-bond donors (Lipinski definition) is 1. The second-order valence-corrected chi connectivity index (χ2v) is 3.32. The fourth-order valence-corrected chi connectivity index (χ4v) is 1.42. The molecule has 16 heavy (non-hydrogen) atoms. The summed E-state index contributed by atoms with van der Waals surface area (Å²) in [7, 11) is 0. The zero-order valence-corrected chi connectivity index (χ0v) is 9.90. The van der Waals surface area contributed by atoms with Crippen LogP contribution in [0.5, 0.6) is 0 Å². The molecule has 1 aromatic rings. The highest BCUT2D eigenvalue weighted by Gasteiger charge is 2.03. The van der Waals surface area contributed by atoms with E-state index in [0.29, 0.717) is 0 Å². The third-order valence-corrected chi connectivity index (χ3v) is 2.02. The smallest absolute Gasteiger partial charge is 0.221 e. The Bertz CT molecular complexity index is 388. The van der Waals surface area contributed by atoms with Crippen LogP contribution in [-0.4, -0.2) is 18.7 Å². The quantitative estimate of drug-likeness (QED) is 0.624. The van der Waals surface area contributed by atoms with E-state index >= 15 is 0 Å². The van der Waals surface area contributed by atoms with Crippen molar-refractivity contribution in [1.82, 2.24) is 0 Å². The molecule has 0 heterocycles. The maximum absolute atomic E-state index is 10.9. The van der Waals surface area contributed by atoms with Gasteiger partial charge in [-0.2, -0.15) is 5.10 Å². The molecular formula is C12H17N3O. The molecule has 4 heteroatoms. The van der Waals surface area contributed by atoms with Gasteiger partial charge in [-0.05, 0) is 32.0 Å². The Labute approximate surface area is 96.0 Å². The first-order chi connectivity index (χ1) is 7.67. The Hall–Kier alpha value is -1.84. The molecule has 0 atom stereocenters. The van der Waals surface area contributed by atoms with E-state index in [1.165, 1.54) is 6.92 Å².